The van der Waals surface area contributed by atoms with Crippen LogP contribution in [0.15, 0.2) is 18.3 Å². The Hall–Kier alpha value is -1.09. The Labute approximate surface area is 122 Å². The summed E-state index contributed by atoms with van der Waals surface area (Å²) < 4.78 is 0. The quantitative estimate of drug-likeness (QED) is 0.897. The Morgan fingerprint density at radius 2 is 2.05 bits per heavy atom. The van der Waals surface area contributed by atoms with Crippen LogP contribution in [-0.4, -0.2) is 30.7 Å². The maximum atomic E-state index is 4.46. The molecule has 20 heavy (non-hydrogen) atoms. The highest BCUT2D eigenvalue weighted by atomic mass is 15.2. The van der Waals surface area contributed by atoms with Gasteiger partial charge in [-0.2, -0.15) is 0 Å². The summed E-state index contributed by atoms with van der Waals surface area (Å²) >= 11 is 0. The number of nitrogens with one attached hydrogen (secondary N) is 1. The zero-order chi connectivity index (χ0) is 13.8. The molecule has 1 atom stereocenters. The van der Waals surface area contributed by atoms with Crippen LogP contribution >= 0.6 is 0 Å². The number of pyridine rings is 1. The van der Waals surface area contributed by atoms with Crippen LogP contribution in [0.1, 0.15) is 44.2 Å². The Balaban J connectivity index is 1.73. The monoisotopic (exact) mass is 273 g/mol. The summed E-state index contributed by atoms with van der Waals surface area (Å²) in [5, 5.41) is 3.81. The van der Waals surface area contributed by atoms with Crippen LogP contribution in [0.25, 0.3) is 0 Å². The Morgan fingerprint density at radius 3 is 2.85 bits per heavy atom. The van der Waals surface area contributed by atoms with Crippen molar-refractivity contribution in [3.63, 3.8) is 0 Å². The third-order valence-electron chi connectivity index (χ3n) is 4.97. The average molecular weight is 273 g/mol. The third-order valence-corrected chi connectivity index (χ3v) is 4.97. The summed E-state index contributed by atoms with van der Waals surface area (Å²) in [5.41, 5.74) is 2.49. The van der Waals surface area contributed by atoms with Gasteiger partial charge in [0.15, 0.2) is 0 Å². The zero-order valence-corrected chi connectivity index (χ0v) is 12.6. The molecule has 3 nitrogen and oxygen atoms in total. The normalized spacial score (nSPS) is 25.4. The van der Waals surface area contributed by atoms with E-state index in [0.29, 0.717) is 6.04 Å². The van der Waals surface area contributed by atoms with Gasteiger partial charge >= 0.3 is 0 Å². The number of aryl methyl sites for hydroxylation is 1. The molecule has 1 aliphatic carbocycles. The summed E-state index contributed by atoms with van der Waals surface area (Å²) in [6.07, 6.45) is 10.2. The van der Waals surface area contributed by atoms with Crippen LogP contribution in [0, 0.1) is 12.8 Å². The lowest BCUT2D eigenvalue weighted by Gasteiger charge is -2.34. The predicted octanol–water partition coefficient (Wildman–Crippen LogP) is 3.14. The van der Waals surface area contributed by atoms with E-state index in [0.717, 1.165) is 31.2 Å². The number of aromatic nitrogens is 1. The van der Waals surface area contributed by atoms with E-state index in [1.165, 1.54) is 44.2 Å². The summed E-state index contributed by atoms with van der Waals surface area (Å²) in [6, 6.07) is 4.96. The summed E-state index contributed by atoms with van der Waals surface area (Å²) in [4.78, 5) is 7.02. The first-order valence-electron chi connectivity index (χ1n) is 8.24. The van der Waals surface area contributed by atoms with Gasteiger partial charge in [0.25, 0.3) is 0 Å². The fraction of sp³-hybridized carbons (Fsp3) is 0.706. The number of hydrogen-bond donors (Lipinski definition) is 1. The molecule has 1 saturated carbocycles. The standard InChI is InChI=1S/C17H27N3/c1-14-17(9-5-10-18-14)20-12-6-11-19-16(13-20)15-7-3-2-4-8-15/h5,9-10,15-16,19H,2-4,6-8,11-13H2,1H3. The summed E-state index contributed by atoms with van der Waals surface area (Å²) in [5.74, 6) is 0.876. The molecule has 3 rings (SSSR count). The smallest absolute Gasteiger partial charge is 0.0605 e. The van der Waals surface area contributed by atoms with Crippen molar-refractivity contribution in [1.29, 1.82) is 0 Å². The second-order valence-corrected chi connectivity index (χ2v) is 6.37. The average Bonchev–Trinajstić information content (AvgIpc) is 2.75. The molecule has 1 N–H and O–H groups in total. The molecule has 2 fully saturated rings. The number of nitrogens with zero attached hydrogens (tertiary/aromatic N) is 2. The van der Waals surface area contributed by atoms with Gasteiger partial charge in [-0.1, -0.05) is 19.3 Å². The van der Waals surface area contributed by atoms with Crippen molar-refractivity contribution in [1.82, 2.24) is 10.3 Å². The van der Waals surface area contributed by atoms with E-state index >= 15 is 0 Å². The Morgan fingerprint density at radius 1 is 1.20 bits per heavy atom. The van der Waals surface area contributed by atoms with E-state index in [-0.39, 0.29) is 0 Å². The van der Waals surface area contributed by atoms with Gasteiger partial charge in [0.1, 0.15) is 0 Å². The van der Waals surface area contributed by atoms with Crippen LogP contribution in [0.5, 0.6) is 0 Å². The highest BCUT2D eigenvalue weighted by Crippen LogP contribution is 2.29. The molecule has 1 unspecified atom stereocenters. The van der Waals surface area contributed by atoms with E-state index in [1.54, 1.807) is 0 Å². The highest BCUT2D eigenvalue weighted by molar-refractivity contribution is 5.50. The Bertz CT molecular complexity index is 426. The van der Waals surface area contributed by atoms with Gasteiger partial charge in [-0.05, 0) is 50.8 Å². The van der Waals surface area contributed by atoms with Gasteiger partial charge < -0.3 is 10.2 Å². The predicted molar refractivity (Wildman–Crippen MR) is 84.2 cm³/mol. The van der Waals surface area contributed by atoms with Crippen molar-refractivity contribution < 1.29 is 0 Å². The van der Waals surface area contributed by atoms with Crippen LogP contribution in [0.3, 0.4) is 0 Å². The van der Waals surface area contributed by atoms with E-state index < -0.39 is 0 Å². The minimum absolute atomic E-state index is 0.664. The second kappa shape index (κ2) is 6.57. The molecule has 110 valence electrons. The lowest BCUT2D eigenvalue weighted by molar-refractivity contribution is 0.277. The lowest BCUT2D eigenvalue weighted by Crippen LogP contribution is -2.44. The van der Waals surface area contributed by atoms with Crippen LogP contribution in [0.4, 0.5) is 5.69 Å². The topological polar surface area (TPSA) is 28.2 Å². The van der Waals surface area contributed by atoms with Gasteiger partial charge in [0.2, 0.25) is 0 Å². The molecule has 2 heterocycles. The fourth-order valence-electron chi connectivity index (χ4n) is 3.83. The van der Waals surface area contributed by atoms with E-state index in [2.05, 4.69) is 34.3 Å². The van der Waals surface area contributed by atoms with Crippen molar-refractivity contribution in [2.75, 3.05) is 24.5 Å². The van der Waals surface area contributed by atoms with Crippen molar-refractivity contribution in [3.05, 3.63) is 24.0 Å². The maximum absolute atomic E-state index is 4.46. The molecule has 1 aromatic heterocycles. The van der Waals surface area contributed by atoms with Gasteiger partial charge in [-0.25, -0.2) is 0 Å². The zero-order valence-electron chi connectivity index (χ0n) is 12.6. The van der Waals surface area contributed by atoms with E-state index in [4.69, 9.17) is 0 Å². The second-order valence-electron chi connectivity index (χ2n) is 6.37. The number of rotatable bonds is 2. The molecule has 0 amide bonds. The summed E-state index contributed by atoms with van der Waals surface area (Å²) in [7, 11) is 0. The van der Waals surface area contributed by atoms with Crippen molar-refractivity contribution in [2.45, 2.75) is 51.5 Å². The molecular formula is C17H27N3. The molecule has 1 aliphatic heterocycles. The molecule has 0 bridgehead atoms. The van der Waals surface area contributed by atoms with Gasteiger partial charge in [-0.15, -0.1) is 0 Å². The Kier molecular flexibility index (Phi) is 4.56. The van der Waals surface area contributed by atoms with Gasteiger partial charge in [-0.3, -0.25) is 4.98 Å². The molecule has 0 aromatic carbocycles. The van der Waals surface area contributed by atoms with Crippen LogP contribution in [0.2, 0.25) is 0 Å². The fourth-order valence-corrected chi connectivity index (χ4v) is 3.83. The molecule has 2 aliphatic rings. The first-order valence-corrected chi connectivity index (χ1v) is 8.24. The minimum atomic E-state index is 0.664. The SMILES string of the molecule is Cc1ncccc1N1CCCNC(C2CCCCC2)C1. The number of anilines is 1. The largest absolute Gasteiger partial charge is 0.368 e. The third kappa shape index (κ3) is 3.14. The van der Waals surface area contributed by atoms with Crippen molar-refractivity contribution in [3.8, 4) is 0 Å². The van der Waals surface area contributed by atoms with Crippen LogP contribution in [-0.2, 0) is 0 Å². The van der Waals surface area contributed by atoms with E-state index in [1.807, 2.05) is 6.20 Å². The van der Waals surface area contributed by atoms with E-state index in [9.17, 15) is 0 Å². The first kappa shape index (κ1) is 13.9. The lowest BCUT2D eigenvalue weighted by atomic mass is 9.83. The molecular weight excluding hydrogens is 246 g/mol. The van der Waals surface area contributed by atoms with Crippen LogP contribution < -0.4 is 10.2 Å². The molecule has 3 heteroatoms. The highest BCUT2D eigenvalue weighted by Gasteiger charge is 2.27. The van der Waals surface area contributed by atoms with Crippen molar-refractivity contribution in [2.24, 2.45) is 5.92 Å². The van der Waals surface area contributed by atoms with Gasteiger partial charge in [0, 0.05) is 25.3 Å². The first-order chi connectivity index (χ1) is 9.84. The number of hydrogen-bond acceptors (Lipinski definition) is 3. The minimum Gasteiger partial charge on any atom is -0.368 e. The maximum Gasteiger partial charge on any atom is 0.0605 e. The molecule has 0 spiro atoms. The molecule has 1 aromatic rings. The molecule has 1 saturated heterocycles. The molecule has 0 radical (unpaired) electrons. The van der Waals surface area contributed by atoms with Gasteiger partial charge in [0.05, 0.1) is 11.4 Å². The summed E-state index contributed by atoms with van der Waals surface area (Å²) in [6.45, 7) is 5.60. The van der Waals surface area contributed by atoms with Crippen molar-refractivity contribution >= 4 is 5.69 Å².